The average Bonchev–Trinajstić information content (AvgIpc) is 2.71. The first-order valence-corrected chi connectivity index (χ1v) is 6.06. The molecular formula is C11H14O3S. The number of aryl methyl sites for hydroxylation is 1. The lowest BCUT2D eigenvalue weighted by molar-refractivity contribution is 0.150. The van der Waals surface area contributed by atoms with Crippen LogP contribution < -0.4 is 0 Å². The van der Waals surface area contributed by atoms with Crippen LogP contribution in [0.15, 0.2) is 29.2 Å². The predicted octanol–water partition coefficient (Wildman–Crippen LogP) is 1.82. The van der Waals surface area contributed by atoms with Crippen LogP contribution in [0.5, 0.6) is 0 Å². The summed E-state index contributed by atoms with van der Waals surface area (Å²) < 4.78 is 22.3. The van der Waals surface area contributed by atoms with Gasteiger partial charge in [0.2, 0.25) is 0 Å². The van der Waals surface area contributed by atoms with Gasteiger partial charge < -0.3 is 4.74 Å². The Balaban J connectivity index is 1.98. The molecule has 82 valence electrons. The highest BCUT2D eigenvalue weighted by Crippen LogP contribution is 2.15. The van der Waals surface area contributed by atoms with Crippen molar-refractivity contribution in [1.29, 1.82) is 0 Å². The predicted molar refractivity (Wildman–Crippen MR) is 57.9 cm³/mol. The molecule has 0 spiro atoms. The number of hydrogen-bond donors (Lipinski definition) is 0. The maximum atomic E-state index is 11.7. The summed E-state index contributed by atoms with van der Waals surface area (Å²) in [6.45, 7) is 3.26. The van der Waals surface area contributed by atoms with Crippen LogP contribution in [-0.2, 0) is 20.0 Å². The molecule has 0 bridgehead atoms. The van der Waals surface area contributed by atoms with E-state index < -0.39 is 11.1 Å². The lowest BCUT2D eigenvalue weighted by Crippen LogP contribution is -2.14. The molecule has 2 atom stereocenters. The SMILES string of the molecule is Cc1ccc(S(=O)OC2CCOC2)cc1. The van der Waals surface area contributed by atoms with Crippen molar-refractivity contribution in [3.63, 3.8) is 0 Å². The normalized spacial score (nSPS) is 22.9. The molecule has 1 fully saturated rings. The van der Waals surface area contributed by atoms with E-state index in [1.54, 1.807) is 0 Å². The van der Waals surface area contributed by atoms with Crippen molar-refractivity contribution in [3.8, 4) is 0 Å². The molecule has 1 aliphatic rings. The van der Waals surface area contributed by atoms with Gasteiger partial charge in [-0.25, -0.2) is 4.21 Å². The Bertz CT molecular complexity index is 341. The summed E-state index contributed by atoms with van der Waals surface area (Å²) in [7, 11) is 0. The van der Waals surface area contributed by atoms with E-state index in [2.05, 4.69) is 0 Å². The van der Waals surface area contributed by atoms with Crippen molar-refractivity contribution in [2.75, 3.05) is 13.2 Å². The topological polar surface area (TPSA) is 35.5 Å². The average molecular weight is 226 g/mol. The van der Waals surface area contributed by atoms with Gasteiger partial charge in [0.05, 0.1) is 11.5 Å². The van der Waals surface area contributed by atoms with E-state index in [0.717, 1.165) is 12.0 Å². The van der Waals surface area contributed by atoms with E-state index in [0.29, 0.717) is 18.1 Å². The van der Waals surface area contributed by atoms with Crippen molar-refractivity contribution in [2.45, 2.75) is 24.3 Å². The van der Waals surface area contributed by atoms with Crippen LogP contribution in [-0.4, -0.2) is 23.5 Å². The van der Waals surface area contributed by atoms with Crippen LogP contribution in [0.1, 0.15) is 12.0 Å². The molecule has 0 saturated carbocycles. The quantitative estimate of drug-likeness (QED) is 0.788. The van der Waals surface area contributed by atoms with Gasteiger partial charge in [-0.1, -0.05) is 17.7 Å². The Morgan fingerprint density at radius 2 is 2.13 bits per heavy atom. The lowest BCUT2D eigenvalue weighted by Gasteiger charge is -2.08. The van der Waals surface area contributed by atoms with E-state index in [1.165, 1.54) is 0 Å². The Kier molecular flexibility index (Phi) is 3.51. The fraction of sp³-hybridized carbons (Fsp3) is 0.455. The molecule has 1 heterocycles. The molecule has 0 aliphatic carbocycles. The summed E-state index contributed by atoms with van der Waals surface area (Å²) >= 11 is -1.36. The van der Waals surface area contributed by atoms with Gasteiger partial charge in [0, 0.05) is 13.0 Å². The monoisotopic (exact) mass is 226 g/mol. The Morgan fingerprint density at radius 1 is 1.40 bits per heavy atom. The fourth-order valence-corrected chi connectivity index (χ4v) is 2.29. The first kappa shape index (κ1) is 10.8. The summed E-state index contributed by atoms with van der Waals surface area (Å²) in [6, 6.07) is 7.53. The Morgan fingerprint density at radius 3 is 2.73 bits per heavy atom. The van der Waals surface area contributed by atoms with Gasteiger partial charge in [-0.2, -0.15) is 0 Å². The molecule has 1 aromatic rings. The summed E-state index contributed by atoms with van der Waals surface area (Å²) in [4.78, 5) is 0.715. The number of rotatable bonds is 3. The zero-order valence-corrected chi connectivity index (χ0v) is 9.46. The molecule has 2 rings (SSSR count). The van der Waals surface area contributed by atoms with E-state index in [1.807, 2.05) is 31.2 Å². The van der Waals surface area contributed by atoms with Crippen molar-refractivity contribution >= 4 is 11.1 Å². The molecule has 0 radical (unpaired) electrons. The zero-order chi connectivity index (χ0) is 10.7. The molecule has 1 aromatic carbocycles. The van der Waals surface area contributed by atoms with Gasteiger partial charge in [0.1, 0.15) is 6.10 Å². The fourth-order valence-electron chi connectivity index (χ4n) is 1.42. The molecule has 4 heteroatoms. The number of benzene rings is 1. The lowest BCUT2D eigenvalue weighted by atomic mass is 10.2. The number of ether oxygens (including phenoxy) is 1. The Hall–Kier alpha value is -0.710. The van der Waals surface area contributed by atoms with Crippen molar-refractivity contribution in [2.24, 2.45) is 0 Å². The van der Waals surface area contributed by atoms with Gasteiger partial charge in [-0.3, -0.25) is 4.18 Å². The van der Waals surface area contributed by atoms with E-state index in [9.17, 15) is 4.21 Å². The van der Waals surface area contributed by atoms with Crippen molar-refractivity contribution in [3.05, 3.63) is 29.8 Å². The van der Waals surface area contributed by atoms with Crippen molar-refractivity contribution in [1.82, 2.24) is 0 Å². The largest absolute Gasteiger partial charge is 0.379 e. The van der Waals surface area contributed by atoms with E-state index in [4.69, 9.17) is 8.92 Å². The van der Waals surface area contributed by atoms with Gasteiger partial charge in [0.25, 0.3) is 0 Å². The highest BCUT2D eigenvalue weighted by Gasteiger charge is 2.19. The molecule has 15 heavy (non-hydrogen) atoms. The first-order chi connectivity index (χ1) is 7.25. The maximum Gasteiger partial charge on any atom is 0.189 e. The maximum absolute atomic E-state index is 11.7. The van der Waals surface area contributed by atoms with Gasteiger partial charge in [-0.15, -0.1) is 0 Å². The van der Waals surface area contributed by atoms with E-state index >= 15 is 0 Å². The third-order valence-corrected chi connectivity index (χ3v) is 3.43. The smallest absolute Gasteiger partial charge is 0.189 e. The van der Waals surface area contributed by atoms with Crippen LogP contribution in [0, 0.1) is 6.92 Å². The second-order valence-corrected chi connectivity index (χ2v) is 4.76. The standard InChI is InChI=1S/C11H14O3S/c1-9-2-4-11(5-3-9)15(12)14-10-6-7-13-8-10/h2-5,10H,6-8H2,1H3. The van der Waals surface area contributed by atoms with Crippen LogP contribution >= 0.6 is 0 Å². The minimum atomic E-state index is -1.36. The summed E-state index contributed by atoms with van der Waals surface area (Å²) in [5.74, 6) is 0. The van der Waals surface area contributed by atoms with Gasteiger partial charge in [0.15, 0.2) is 11.1 Å². The van der Waals surface area contributed by atoms with Crippen LogP contribution in [0.4, 0.5) is 0 Å². The molecule has 1 saturated heterocycles. The highest BCUT2D eigenvalue weighted by atomic mass is 32.2. The molecule has 2 unspecified atom stereocenters. The highest BCUT2D eigenvalue weighted by molar-refractivity contribution is 7.80. The minimum Gasteiger partial charge on any atom is -0.379 e. The molecular weight excluding hydrogens is 212 g/mol. The summed E-state index contributed by atoms with van der Waals surface area (Å²) in [6.07, 6.45) is 0.810. The van der Waals surface area contributed by atoms with Crippen molar-refractivity contribution < 1.29 is 13.1 Å². The number of hydrogen-bond acceptors (Lipinski definition) is 3. The van der Waals surface area contributed by atoms with Crippen LogP contribution in [0.3, 0.4) is 0 Å². The zero-order valence-electron chi connectivity index (χ0n) is 8.64. The summed E-state index contributed by atoms with van der Waals surface area (Å²) in [5, 5.41) is 0. The molecule has 0 amide bonds. The summed E-state index contributed by atoms with van der Waals surface area (Å²) in [5.41, 5.74) is 1.15. The second-order valence-electron chi connectivity index (χ2n) is 3.63. The third kappa shape index (κ3) is 2.87. The second kappa shape index (κ2) is 4.88. The molecule has 1 aliphatic heterocycles. The van der Waals surface area contributed by atoms with Crippen LogP contribution in [0.2, 0.25) is 0 Å². The minimum absolute atomic E-state index is 0.0212. The van der Waals surface area contributed by atoms with Gasteiger partial charge in [-0.05, 0) is 19.1 Å². The van der Waals surface area contributed by atoms with Gasteiger partial charge >= 0.3 is 0 Å². The third-order valence-electron chi connectivity index (χ3n) is 2.32. The molecule has 0 aromatic heterocycles. The molecule has 3 nitrogen and oxygen atoms in total. The molecule has 0 N–H and O–H groups in total. The first-order valence-electron chi connectivity index (χ1n) is 4.99. The van der Waals surface area contributed by atoms with Crippen LogP contribution in [0.25, 0.3) is 0 Å². The Labute approximate surface area is 92.1 Å². The van der Waals surface area contributed by atoms with E-state index in [-0.39, 0.29) is 6.10 Å².